The number of rotatable bonds is 5. The highest BCUT2D eigenvalue weighted by Crippen LogP contribution is 2.35. The molecular weight excluding hydrogens is 230 g/mol. The van der Waals surface area contributed by atoms with Crippen LogP contribution in [0.1, 0.15) is 32.6 Å². The number of imide groups is 1. The van der Waals surface area contributed by atoms with Crippen LogP contribution in [0.5, 0.6) is 0 Å². The molecule has 0 aromatic heterocycles. The molecule has 1 saturated heterocycles. The predicted octanol–water partition coefficient (Wildman–Crippen LogP) is 1.35. The Balaban J connectivity index is 2.05. The number of fused-ring (bicyclic) bond motifs is 1. The molecule has 0 bridgehead atoms. The third-order valence-corrected chi connectivity index (χ3v) is 4.15. The van der Waals surface area contributed by atoms with Crippen molar-refractivity contribution in [3.8, 4) is 0 Å². The standard InChI is InChI=1S/C14H21NO3/c1-2-10(7-8-16)9-15-13(17)11-5-3-4-6-12(11)14(15)18/h3-4,10-12,16H,2,5-9H2,1H3/t10?,11-,12+. The maximum Gasteiger partial charge on any atom is 0.233 e. The molecule has 1 aliphatic heterocycles. The molecule has 4 heteroatoms. The quantitative estimate of drug-likeness (QED) is 0.592. The lowest BCUT2D eigenvalue weighted by molar-refractivity contribution is -0.140. The zero-order valence-corrected chi connectivity index (χ0v) is 10.8. The van der Waals surface area contributed by atoms with E-state index in [2.05, 4.69) is 0 Å². The van der Waals surface area contributed by atoms with Gasteiger partial charge in [0.05, 0.1) is 11.8 Å². The Labute approximate surface area is 108 Å². The summed E-state index contributed by atoms with van der Waals surface area (Å²) >= 11 is 0. The number of likely N-dealkylation sites (tertiary alicyclic amines) is 1. The average Bonchev–Trinajstić information content (AvgIpc) is 2.64. The monoisotopic (exact) mass is 251 g/mol. The molecule has 0 spiro atoms. The Bertz CT molecular complexity index is 338. The van der Waals surface area contributed by atoms with Crippen LogP contribution in [0.3, 0.4) is 0 Å². The molecule has 0 aromatic rings. The SMILES string of the molecule is CCC(CCO)CN1C(=O)[C@H]2CC=CC[C@H]2C1=O. The number of hydrogen-bond acceptors (Lipinski definition) is 3. The lowest BCUT2D eigenvalue weighted by Gasteiger charge is -2.21. The first-order valence-electron chi connectivity index (χ1n) is 6.80. The number of carbonyl (C=O) groups is 2. The second-order valence-corrected chi connectivity index (χ2v) is 5.23. The van der Waals surface area contributed by atoms with E-state index < -0.39 is 0 Å². The molecule has 18 heavy (non-hydrogen) atoms. The summed E-state index contributed by atoms with van der Waals surface area (Å²) in [4.78, 5) is 25.9. The van der Waals surface area contributed by atoms with Gasteiger partial charge in [0.2, 0.25) is 11.8 Å². The van der Waals surface area contributed by atoms with Gasteiger partial charge in [-0.1, -0.05) is 25.5 Å². The molecule has 4 nitrogen and oxygen atoms in total. The van der Waals surface area contributed by atoms with Crippen LogP contribution in [0.25, 0.3) is 0 Å². The van der Waals surface area contributed by atoms with E-state index in [1.807, 2.05) is 19.1 Å². The molecule has 2 aliphatic rings. The van der Waals surface area contributed by atoms with Gasteiger partial charge in [-0.2, -0.15) is 0 Å². The van der Waals surface area contributed by atoms with Crippen LogP contribution < -0.4 is 0 Å². The molecule has 0 saturated carbocycles. The average molecular weight is 251 g/mol. The highest BCUT2D eigenvalue weighted by Gasteiger charge is 2.47. The topological polar surface area (TPSA) is 57.6 Å². The lowest BCUT2D eigenvalue weighted by atomic mass is 9.85. The Hall–Kier alpha value is -1.16. The van der Waals surface area contributed by atoms with Gasteiger partial charge in [-0.05, 0) is 25.2 Å². The molecule has 0 aromatic carbocycles. The summed E-state index contributed by atoms with van der Waals surface area (Å²) in [6.07, 6.45) is 6.93. The van der Waals surface area contributed by atoms with Crippen molar-refractivity contribution in [2.75, 3.05) is 13.2 Å². The Kier molecular flexibility index (Phi) is 4.17. The molecule has 100 valence electrons. The van der Waals surface area contributed by atoms with Gasteiger partial charge in [0, 0.05) is 13.2 Å². The zero-order chi connectivity index (χ0) is 13.1. The van der Waals surface area contributed by atoms with Crippen molar-refractivity contribution < 1.29 is 14.7 Å². The summed E-state index contributed by atoms with van der Waals surface area (Å²) in [5.41, 5.74) is 0. The van der Waals surface area contributed by atoms with Gasteiger partial charge in [0.15, 0.2) is 0 Å². The van der Waals surface area contributed by atoms with Gasteiger partial charge in [-0.25, -0.2) is 0 Å². The van der Waals surface area contributed by atoms with Crippen LogP contribution >= 0.6 is 0 Å². The van der Waals surface area contributed by atoms with Crippen LogP contribution in [0.15, 0.2) is 12.2 Å². The van der Waals surface area contributed by atoms with E-state index >= 15 is 0 Å². The van der Waals surface area contributed by atoms with E-state index in [1.54, 1.807) is 0 Å². The summed E-state index contributed by atoms with van der Waals surface area (Å²) in [5, 5.41) is 8.98. The predicted molar refractivity (Wildman–Crippen MR) is 67.6 cm³/mol. The number of aliphatic hydroxyl groups excluding tert-OH is 1. The molecule has 1 fully saturated rings. The number of amides is 2. The summed E-state index contributed by atoms with van der Waals surface area (Å²) in [7, 11) is 0. The summed E-state index contributed by atoms with van der Waals surface area (Å²) in [6.45, 7) is 2.62. The molecule has 2 rings (SSSR count). The van der Waals surface area contributed by atoms with Crippen LogP contribution in [0, 0.1) is 17.8 Å². The van der Waals surface area contributed by atoms with Gasteiger partial charge >= 0.3 is 0 Å². The van der Waals surface area contributed by atoms with Gasteiger partial charge < -0.3 is 5.11 Å². The van der Waals surface area contributed by atoms with Gasteiger partial charge in [-0.3, -0.25) is 14.5 Å². The zero-order valence-electron chi connectivity index (χ0n) is 10.8. The van der Waals surface area contributed by atoms with Crippen molar-refractivity contribution >= 4 is 11.8 Å². The smallest absolute Gasteiger partial charge is 0.233 e. The summed E-state index contributed by atoms with van der Waals surface area (Å²) in [6, 6.07) is 0. The Morgan fingerprint density at radius 1 is 1.28 bits per heavy atom. The van der Waals surface area contributed by atoms with Crippen LogP contribution in [0.4, 0.5) is 0 Å². The fraction of sp³-hybridized carbons (Fsp3) is 0.714. The minimum atomic E-state index is -0.130. The normalized spacial score (nSPS) is 28.7. The van der Waals surface area contributed by atoms with E-state index in [0.717, 1.165) is 6.42 Å². The lowest BCUT2D eigenvalue weighted by Crippen LogP contribution is -2.35. The first kappa shape index (κ1) is 13.3. The summed E-state index contributed by atoms with van der Waals surface area (Å²) < 4.78 is 0. The molecule has 1 heterocycles. The van der Waals surface area contributed by atoms with Gasteiger partial charge in [-0.15, -0.1) is 0 Å². The fourth-order valence-electron chi connectivity index (χ4n) is 2.91. The number of carbonyl (C=O) groups excluding carboxylic acids is 2. The maximum atomic E-state index is 12.2. The molecule has 1 N–H and O–H groups in total. The highest BCUT2D eigenvalue weighted by molar-refractivity contribution is 6.05. The van der Waals surface area contributed by atoms with E-state index in [9.17, 15) is 9.59 Å². The van der Waals surface area contributed by atoms with E-state index in [0.29, 0.717) is 25.8 Å². The second kappa shape index (κ2) is 5.65. The van der Waals surface area contributed by atoms with Gasteiger partial charge in [0.1, 0.15) is 0 Å². The fourth-order valence-corrected chi connectivity index (χ4v) is 2.91. The molecule has 0 radical (unpaired) electrons. The van der Waals surface area contributed by atoms with Crippen molar-refractivity contribution in [3.05, 3.63) is 12.2 Å². The Morgan fingerprint density at radius 2 is 1.83 bits per heavy atom. The minimum Gasteiger partial charge on any atom is -0.396 e. The van der Waals surface area contributed by atoms with Crippen molar-refractivity contribution in [3.63, 3.8) is 0 Å². The maximum absolute atomic E-state index is 12.2. The van der Waals surface area contributed by atoms with Crippen LogP contribution in [0.2, 0.25) is 0 Å². The van der Waals surface area contributed by atoms with Crippen LogP contribution in [-0.2, 0) is 9.59 Å². The third kappa shape index (κ3) is 2.34. The van der Waals surface area contributed by atoms with Crippen molar-refractivity contribution in [2.45, 2.75) is 32.6 Å². The highest BCUT2D eigenvalue weighted by atomic mass is 16.3. The molecule has 1 aliphatic carbocycles. The first-order valence-corrected chi connectivity index (χ1v) is 6.80. The number of allylic oxidation sites excluding steroid dienone is 2. The van der Waals surface area contributed by atoms with Crippen molar-refractivity contribution in [2.24, 2.45) is 17.8 Å². The largest absolute Gasteiger partial charge is 0.396 e. The van der Waals surface area contributed by atoms with E-state index in [-0.39, 0.29) is 36.2 Å². The summed E-state index contributed by atoms with van der Waals surface area (Å²) in [5.74, 6) is -0.0595. The number of aliphatic hydroxyl groups is 1. The van der Waals surface area contributed by atoms with Gasteiger partial charge in [0.25, 0.3) is 0 Å². The Morgan fingerprint density at radius 3 is 2.28 bits per heavy atom. The molecular formula is C14H21NO3. The molecule has 2 amide bonds. The van der Waals surface area contributed by atoms with Crippen molar-refractivity contribution in [1.29, 1.82) is 0 Å². The van der Waals surface area contributed by atoms with E-state index in [1.165, 1.54) is 4.90 Å². The van der Waals surface area contributed by atoms with Crippen LogP contribution in [-0.4, -0.2) is 35.0 Å². The first-order chi connectivity index (χ1) is 8.69. The van der Waals surface area contributed by atoms with Crippen molar-refractivity contribution in [1.82, 2.24) is 4.90 Å². The third-order valence-electron chi connectivity index (χ3n) is 4.15. The van der Waals surface area contributed by atoms with E-state index in [4.69, 9.17) is 5.11 Å². The molecule has 3 atom stereocenters. The number of hydrogen-bond donors (Lipinski definition) is 1. The molecule has 1 unspecified atom stereocenters. The second-order valence-electron chi connectivity index (χ2n) is 5.23. The number of nitrogens with zero attached hydrogens (tertiary/aromatic N) is 1. The minimum absolute atomic E-state index is 0.00857.